The molecule has 2 rings (SSSR count). The number of nitrogens with one attached hydrogen (secondary N) is 1. The lowest BCUT2D eigenvalue weighted by Gasteiger charge is -2.28. The van der Waals surface area contributed by atoms with Crippen LogP contribution in [0.5, 0.6) is 5.75 Å². The summed E-state index contributed by atoms with van der Waals surface area (Å²) in [4.78, 5) is 0. The molecule has 0 spiro atoms. The van der Waals surface area contributed by atoms with E-state index in [1.165, 1.54) is 0 Å². The first kappa shape index (κ1) is 15.6. The van der Waals surface area contributed by atoms with E-state index in [1.807, 2.05) is 12.1 Å². The third-order valence-electron chi connectivity index (χ3n) is 3.95. The van der Waals surface area contributed by atoms with Gasteiger partial charge in [0.05, 0.1) is 18.8 Å². The monoisotopic (exact) mass is 293 g/mol. The molecule has 21 heavy (non-hydrogen) atoms. The van der Waals surface area contributed by atoms with Crippen LogP contribution in [0.3, 0.4) is 0 Å². The maximum Gasteiger partial charge on any atom is 0.173 e. The molecule has 6 nitrogen and oxygen atoms in total. The maximum atomic E-state index is 9.96. The van der Waals surface area contributed by atoms with Crippen LogP contribution in [-0.2, 0) is 6.54 Å². The molecule has 0 amide bonds. The number of hydrogen-bond donors (Lipinski definition) is 4. The molecule has 6 heteroatoms. The van der Waals surface area contributed by atoms with Crippen molar-refractivity contribution in [1.29, 1.82) is 0 Å². The summed E-state index contributed by atoms with van der Waals surface area (Å²) < 4.78 is 5.20. The highest BCUT2D eigenvalue weighted by molar-refractivity contribution is 5.99. The van der Waals surface area contributed by atoms with E-state index in [0.29, 0.717) is 17.9 Å². The van der Waals surface area contributed by atoms with Gasteiger partial charge in [-0.3, -0.25) is 0 Å². The largest absolute Gasteiger partial charge is 0.496 e. The molecule has 0 aliphatic heterocycles. The minimum absolute atomic E-state index is 0.0198. The molecular formula is C15H23N3O3. The molecule has 1 fully saturated rings. The van der Waals surface area contributed by atoms with Gasteiger partial charge in [-0.25, -0.2) is 0 Å². The Bertz CT molecular complexity index is 505. The summed E-state index contributed by atoms with van der Waals surface area (Å²) >= 11 is 0. The number of hydrogen-bond acceptors (Lipinski definition) is 5. The standard InChI is InChI=1S/C15H23N3O3/c1-21-14-7-6-10(8-11(14)15(16)18-20)9-17-12-4-2-3-5-13(12)19/h6-8,12-13,17,19-20H,2-5,9H2,1H3,(H2,16,18). The molecule has 116 valence electrons. The van der Waals surface area contributed by atoms with Crippen LogP contribution in [0, 0.1) is 0 Å². The zero-order chi connectivity index (χ0) is 15.2. The molecule has 2 unspecified atom stereocenters. The van der Waals surface area contributed by atoms with Crippen LogP contribution < -0.4 is 15.8 Å². The highest BCUT2D eigenvalue weighted by atomic mass is 16.5. The van der Waals surface area contributed by atoms with Gasteiger partial charge in [0.1, 0.15) is 5.75 Å². The van der Waals surface area contributed by atoms with Crippen molar-refractivity contribution < 1.29 is 15.1 Å². The van der Waals surface area contributed by atoms with Gasteiger partial charge in [0.25, 0.3) is 0 Å². The molecule has 5 N–H and O–H groups in total. The molecule has 1 aliphatic carbocycles. The fraction of sp³-hybridized carbons (Fsp3) is 0.533. The van der Waals surface area contributed by atoms with Gasteiger partial charge in [-0.2, -0.15) is 0 Å². The van der Waals surface area contributed by atoms with Crippen LogP contribution >= 0.6 is 0 Å². The van der Waals surface area contributed by atoms with E-state index in [0.717, 1.165) is 31.2 Å². The minimum Gasteiger partial charge on any atom is -0.496 e. The summed E-state index contributed by atoms with van der Waals surface area (Å²) in [5, 5.41) is 25.2. The second-order valence-electron chi connectivity index (χ2n) is 5.36. The van der Waals surface area contributed by atoms with Crippen molar-refractivity contribution in [3.63, 3.8) is 0 Å². The van der Waals surface area contributed by atoms with E-state index in [2.05, 4.69) is 10.5 Å². The van der Waals surface area contributed by atoms with Crippen LogP contribution in [0.2, 0.25) is 0 Å². The van der Waals surface area contributed by atoms with Gasteiger partial charge in [-0.1, -0.05) is 24.1 Å². The Kier molecular flexibility index (Phi) is 5.41. The van der Waals surface area contributed by atoms with Crippen molar-refractivity contribution in [3.8, 4) is 5.75 Å². The lowest BCUT2D eigenvalue weighted by molar-refractivity contribution is 0.0902. The quantitative estimate of drug-likeness (QED) is 0.283. The number of aliphatic hydroxyl groups is 1. The summed E-state index contributed by atoms with van der Waals surface area (Å²) in [6.45, 7) is 0.622. The van der Waals surface area contributed by atoms with Crippen molar-refractivity contribution in [2.75, 3.05) is 7.11 Å². The van der Waals surface area contributed by atoms with E-state index in [-0.39, 0.29) is 18.0 Å². The Balaban J connectivity index is 2.06. The van der Waals surface area contributed by atoms with Crippen LogP contribution in [0.4, 0.5) is 0 Å². The number of methoxy groups -OCH3 is 1. The van der Waals surface area contributed by atoms with Gasteiger partial charge in [0, 0.05) is 12.6 Å². The first-order valence-corrected chi connectivity index (χ1v) is 7.22. The third kappa shape index (κ3) is 3.86. The van der Waals surface area contributed by atoms with Crippen LogP contribution in [-0.4, -0.2) is 35.4 Å². The van der Waals surface area contributed by atoms with E-state index < -0.39 is 0 Å². The third-order valence-corrected chi connectivity index (χ3v) is 3.95. The topological polar surface area (TPSA) is 100 Å². The van der Waals surface area contributed by atoms with Crippen LogP contribution in [0.15, 0.2) is 23.4 Å². The smallest absolute Gasteiger partial charge is 0.173 e. The molecular weight excluding hydrogens is 270 g/mol. The molecule has 0 radical (unpaired) electrons. The maximum absolute atomic E-state index is 9.96. The molecule has 0 aromatic heterocycles. The number of amidine groups is 1. The van der Waals surface area contributed by atoms with Gasteiger partial charge in [0.2, 0.25) is 0 Å². The van der Waals surface area contributed by atoms with Gasteiger partial charge >= 0.3 is 0 Å². The molecule has 1 saturated carbocycles. The normalized spacial score (nSPS) is 23.0. The van der Waals surface area contributed by atoms with Crippen molar-refractivity contribution in [3.05, 3.63) is 29.3 Å². The second kappa shape index (κ2) is 7.28. The molecule has 1 aliphatic rings. The Morgan fingerprint density at radius 1 is 1.43 bits per heavy atom. The predicted octanol–water partition coefficient (Wildman–Crippen LogP) is 1.18. The minimum atomic E-state index is -0.277. The molecule has 1 aromatic rings. The van der Waals surface area contributed by atoms with Crippen LogP contribution in [0.25, 0.3) is 0 Å². The van der Waals surface area contributed by atoms with Gasteiger partial charge in [-0.05, 0) is 30.5 Å². The molecule has 1 aromatic carbocycles. The van der Waals surface area contributed by atoms with Crippen molar-refractivity contribution in [2.45, 2.75) is 44.4 Å². The Morgan fingerprint density at radius 2 is 2.19 bits per heavy atom. The Labute approximate surface area is 124 Å². The summed E-state index contributed by atoms with van der Waals surface area (Å²) in [6, 6.07) is 5.68. The van der Waals surface area contributed by atoms with E-state index in [1.54, 1.807) is 13.2 Å². The first-order chi connectivity index (χ1) is 10.2. The number of rotatable bonds is 5. The second-order valence-corrected chi connectivity index (χ2v) is 5.36. The van der Waals surface area contributed by atoms with E-state index in [9.17, 15) is 5.11 Å². The van der Waals surface area contributed by atoms with E-state index >= 15 is 0 Å². The molecule has 0 saturated heterocycles. The Hall–Kier alpha value is -1.79. The fourth-order valence-corrected chi connectivity index (χ4v) is 2.72. The van der Waals surface area contributed by atoms with Crippen molar-refractivity contribution in [1.82, 2.24) is 5.32 Å². The molecule has 2 atom stereocenters. The molecule has 0 heterocycles. The van der Waals surface area contributed by atoms with Gasteiger partial charge < -0.3 is 26.1 Å². The van der Waals surface area contributed by atoms with Gasteiger partial charge in [-0.15, -0.1) is 0 Å². The van der Waals surface area contributed by atoms with Crippen molar-refractivity contribution >= 4 is 5.84 Å². The van der Waals surface area contributed by atoms with Crippen LogP contribution in [0.1, 0.15) is 36.8 Å². The number of benzene rings is 1. The van der Waals surface area contributed by atoms with Crippen molar-refractivity contribution in [2.24, 2.45) is 10.9 Å². The number of aliphatic hydroxyl groups excluding tert-OH is 1. The zero-order valence-corrected chi connectivity index (χ0v) is 12.2. The summed E-state index contributed by atoms with van der Waals surface area (Å²) in [7, 11) is 1.54. The summed E-state index contributed by atoms with van der Waals surface area (Å²) in [5.41, 5.74) is 7.21. The highest BCUT2D eigenvalue weighted by Gasteiger charge is 2.22. The summed E-state index contributed by atoms with van der Waals surface area (Å²) in [6.07, 6.45) is 3.81. The summed E-state index contributed by atoms with van der Waals surface area (Å²) in [5.74, 6) is 0.582. The lowest BCUT2D eigenvalue weighted by atomic mass is 9.92. The number of nitrogens with two attached hydrogens (primary N) is 1. The zero-order valence-electron chi connectivity index (χ0n) is 12.2. The average molecular weight is 293 g/mol. The predicted molar refractivity (Wildman–Crippen MR) is 80.6 cm³/mol. The fourth-order valence-electron chi connectivity index (χ4n) is 2.72. The Morgan fingerprint density at radius 3 is 2.86 bits per heavy atom. The number of nitrogens with zero attached hydrogens (tertiary/aromatic N) is 1. The SMILES string of the molecule is COc1ccc(CNC2CCCCC2O)cc1C(N)=NO. The number of ether oxygens (including phenoxy) is 1. The highest BCUT2D eigenvalue weighted by Crippen LogP contribution is 2.21. The average Bonchev–Trinajstić information content (AvgIpc) is 2.53. The van der Waals surface area contributed by atoms with Gasteiger partial charge in [0.15, 0.2) is 5.84 Å². The lowest BCUT2D eigenvalue weighted by Crippen LogP contribution is -2.41. The first-order valence-electron chi connectivity index (χ1n) is 7.22. The molecule has 0 bridgehead atoms. The van der Waals surface area contributed by atoms with E-state index in [4.69, 9.17) is 15.7 Å². The number of oxime groups is 1.